The second-order valence-electron chi connectivity index (χ2n) is 4.15. The van der Waals surface area contributed by atoms with E-state index in [2.05, 4.69) is 30.1 Å². The lowest BCUT2D eigenvalue weighted by Crippen LogP contribution is -2.16. The highest BCUT2D eigenvalue weighted by atomic mass is 15.3. The van der Waals surface area contributed by atoms with Gasteiger partial charge in [-0.05, 0) is 19.4 Å². The summed E-state index contributed by atoms with van der Waals surface area (Å²) in [5.41, 5.74) is 9.42. The third kappa shape index (κ3) is 2.24. The average molecular weight is 233 g/mol. The predicted octanol–water partition coefficient (Wildman–Crippen LogP) is 1.25. The van der Waals surface area contributed by atoms with E-state index in [0.29, 0.717) is 0 Å². The molecule has 92 valence electrons. The maximum Gasteiger partial charge on any atom is 0.0754 e. The highest BCUT2D eigenvalue weighted by Gasteiger charge is 2.16. The SMILES string of the molecule is CCc1cc(C(N)c2cnn(C)c2)n(CC)n1. The summed E-state index contributed by atoms with van der Waals surface area (Å²) in [7, 11) is 1.89. The highest BCUT2D eigenvalue weighted by molar-refractivity contribution is 5.25. The average Bonchev–Trinajstić information content (AvgIpc) is 2.93. The predicted molar refractivity (Wildman–Crippen MR) is 66.5 cm³/mol. The van der Waals surface area contributed by atoms with E-state index >= 15 is 0 Å². The van der Waals surface area contributed by atoms with Crippen molar-refractivity contribution in [2.45, 2.75) is 32.9 Å². The number of aryl methyl sites for hydroxylation is 3. The van der Waals surface area contributed by atoms with Gasteiger partial charge in [-0.3, -0.25) is 9.36 Å². The molecule has 0 aromatic carbocycles. The summed E-state index contributed by atoms with van der Waals surface area (Å²) in [4.78, 5) is 0. The zero-order chi connectivity index (χ0) is 12.4. The van der Waals surface area contributed by atoms with Crippen molar-refractivity contribution in [3.05, 3.63) is 35.4 Å². The van der Waals surface area contributed by atoms with Crippen LogP contribution in [-0.4, -0.2) is 19.6 Å². The van der Waals surface area contributed by atoms with Crippen molar-refractivity contribution in [3.8, 4) is 0 Å². The third-order valence-electron chi connectivity index (χ3n) is 2.93. The summed E-state index contributed by atoms with van der Waals surface area (Å²) >= 11 is 0. The van der Waals surface area contributed by atoms with Gasteiger partial charge in [-0.15, -0.1) is 0 Å². The van der Waals surface area contributed by atoms with Crippen LogP contribution in [0.2, 0.25) is 0 Å². The minimum atomic E-state index is -0.156. The molecule has 2 heterocycles. The standard InChI is InChI=1S/C12H19N5/c1-4-10-6-11(17(5-2)15-10)12(13)9-7-14-16(3)8-9/h6-8,12H,4-5,13H2,1-3H3. The Balaban J connectivity index is 2.35. The lowest BCUT2D eigenvalue weighted by molar-refractivity contribution is 0.594. The van der Waals surface area contributed by atoms with Crippen LogP contribution in [0.25, 0.3) is 0 Å². The number of hydrogen-bond acceptors (Lipinski definition) is 3. The molecule has 0 saturated heterocycles. The topological polar surface area (TPSA) is 61.7 Å². The van der Waals surface area contributed by atoms with Crippen molar-refractivity contribution in [2.24, 2.45) is 12.8 Å². The zero-order valence-corrected chi connectivity index (χ0v) is 10.6. The quantitative estimate of drug-likeness (QED) is 0.864. The van der Waals surface area contributed by atoms with Gasteiger partial charge < -0.3 is 5.73 Å². The summed E-state index contributed by atoms with van der Waals surface area (Å²) in [5, 5.41) is 8.66. The molecule has 0 aliphatic heterocycles. The van der Waals surface area contributed by atoms with E-state index in [-0.39, 0.29) is 6.04 Å². The zero-order valence-electron chi connectivity index (χ0n) is 10.6. The Labute approximate surface area is 101 Å². The summed E-state index contributed by atoms with van der Waals surface area (Å²) in [6.45, 7) is 5.01. The van der Waals surface area contributed by atoms with Crippen LogP contribution >= 0.6 is 0 Å². The molecule has 2 N–H and O–H groups in total. The van der Waals surface area contributed by atoms with Gasteiger partial charge in [0, 0.05) is 25.4 Å². The molecule has 0 aliphatic rings. The number of rotatable bonds is 4. The molecule has 5 nitrogen and oxygen atoms in total. The van der Waals surface area contributed by atoms with E-state index in [1.54, 1.807) is 4.68 Å². The van der Waals surface area contributed by atoms with Crippen LogP contribution in [0.1, 0.15) is 36.8 Å². The molecule has 0 radical (unpaired) electrons. The molecule has 0 aliphatic carbocycles. The Hall–Kier alpha value is -1.62. The van der Waals surface area contributed by atoms with Gasteiger partial charge in [-0.25, -0.2) is 0 Å². The van der Waals surface area contributed by atoms with Crippen LogP contribution in [0.5, 0.6) is 0 Å². The maximum atomic E-state index is 6.26. The van der Waals surface area contributed by atoms with Crippen molar-refractivity contribution in [2.75, 3.05) is 0 Å². The van der Waals surface area contributed by atoms with Gasteiger partial charge >= 0.3 is 0 Å². The van der Waals surface area contributed by atoms with E-state index < -0.39 is 0 Å². The first-order valence-electron chi connectivity index (χ1n) is 5.96. The molecule has 5 heteroatoms. The van der Waals surface area contributed by atoms with Gasteiger partial charge in [0.25, 0.3) is 0 Å². The van der Waals surface area contributed by atoms with Crippen molar-refractivity contribution >= 4 is 0 Å². The summed E-state index contributed by atoms with van der Waals surface area (Å²) in [6.07, 6.45) is 4.69. The molecule has 0 bridgehead atoms. The van der Waals surface area contributed by atoms with Crippen molar-refractivity contribution in [3.63, 3.8) is 0 Å². The van der Waals surface area contributed by atoms with E-state index in [0.717, 1.165) is 29.9 Å². The number of nitrogens with zero attached hydrogens (tertiary/aromatic N) is 4. The Bertz CT molecular complexity index is 497. The fourth-order valence-corrected chi connectivity index (χ4v) is 1.93. The summed E-state index contributed by atoms with van der Waals surface area (Å²) in [6, 6.07) is 1.93. The molecule has 1 unspecified atom stereocenters. The van der Waals surface area contributed by atoms with E-state index in [1.807, 2.05) is 24.1 Å². The number of hydrogen-bond donors (Lipinski definition) is 1. The molecule has 0 fully saturated rings. The second kappa shape index (κ2) is 4.71. The second-order valence-corrected chi connectivity index (χ2v) is 4.15. The first-order valence-corrected chi connectivity index (χ1v) is 5.96. The van der Waals surface area contributed by atoms with Crippen molar-refractivity contribution in [1.82, 2.24) is 19.6 Å². The van der Waals surface area contributed by atoms with Gasteiger partial charge in [0.2, 0.25) is 0 Å². The van der Waals surface area contributed by atoms with Crippen LogP contribution in [0.15, 0.2) is 18.5 Å². The van der Waals surface area contributed by atoms with Gasteiger partial charge in [0.1, 0.15) is 0 Å². The third-order valence-corrected chi connectivity index (χ3v) is 2.93. The van der Waals surface area contributed by atoms with E-state index in [4.69, 9.17) is 5.73 Å². The fourth-order valence-electron chi connectivity index (χ4n) is 1.93. The molecule has 2 rings (SSSR count). The van der Waals surface area contributed by atoms with Gasteiger partial charge in [-0.1, -0.05) is 6.92 Å². The van der Waals surface area contributed by atoms with Crippen LogP contribution < -0.4 is 5.73 Å². The maximum absolute atomic E-state index is 6.26. The monoisotopic (exact) mass is 233 g/mol. The smallest absolute Gasteiger partial charge is 0.0754 e. The van der Waals surface area contributed by atoms with E-state index in [9.17, 15) is 0 Å². The Kier molecular flexibility index (Phi) is 3.28. The number of nitrogens with two attached hydrogens (primary N) is 1. The van der Waals surface area contributed by atoms with Crippen LogP contribution in [0, 0.1) is 0 Å². The summed E-state index contributed by atoms with van der Waals surface area (Å²) < 4.78 is 3.74. The largest absolute Gasteiger partial charge is 0.319 e. The fraction of sp³-hybridized carbons (Fsp3) is 0.500. The van der Waals surface area contributed by atoms with E-state index in [1.165, 1.54) is 0 Å². The van der Waals surface area contributed by atoms with Gasteiger partial charge in [0.15, 0.2) is 0 Å². The molecule has 2 aromatic rings. The molecule has 1 atom stereocenters. The molecular formula is C12H19N5. The minimum absolute atomic E-state index is 0.156. The molecule has 0 saturated carbocycles. The first kappa shape index (κ1) is 11.9. The minimum Gasteiger partial charge on any atom is -0.319 e. The van der Waals surface area contributed by atoms with Gasteiger partial charge in [0.05, 0.1) is 23.6 Å². The molecule has 2 aromatic heterocycles. The van der Waals surface area contributed by atoms with Crippen molar-refractivity contribution in [1.29, 1.82) is 0 Å². The normalized spacial score (nSPS) is 12.9. The molecular weight excluding hydrogens is 214 g/mol. The van der Waals surface area contributed by atoms with Gasteiger partial charge in [-0.2, -0.15) is 10.2 Å². The summed E-state index contributed by atoms with van der Waals surface area (Å²) in [5.74, 6) is 0. The van der Waals surface area contributed by atoms with Crippen LogP contribution in [0.4, 0.5) is 0 Å². The number of aromatic nitrogens is 4. The molecule has 17 heavy (non-hydrogen) atoms. The van der Waals surface area contributed by atoms with Crippen LogP contribution in [0.3, 0.4) is 0 Å². The lowest BCUT2D eigenvalue weighted by atomic mass is 10.1. The Morgan fingerprint density at radius 2 is 2.18 bits per heavy atom. The Morgan fingerprint density at radius 3 is 2.71 bits per heavy atom. The first-order chi connectivity index (χ1) is 8.15. The highest BCUT2D eigenvalue weighted by Crippen LogP contribution is 2.20. The lowest BCUT2D eigenvalue weighted by Gasteiger charge is -2.11. The van der Waals surface area contributed by atoms with Crippen molar-refractivity contribution < 1.29 is 0 Å². The Morgan fingerprint density at radius 1 is 1.41 bits per heavy atom. The molecule has 0 amide bonds. The van der Waals surface area contributed by atoms with Crippen LogP contribution in [-0.2, 0) is 20.0 Å². The molecule has 0 spiro atoms.